The van der Waals surface area contributed by atoms with Gasteiger partial charge in [0.2, 0.25) is 0 Å². The molecule has 0 aliphatic heterocycles. The molecule has 0 fully saturated rings. The summed E-state index contributed by atoms with van der Waals surface area (Å²) in [5, 5.41) is 25.4. The van der Waals surface area contributed by atoms with Crippen LogP contribution in [0.1, 0.15) is 90.2 Å². The van der Waals surface area contributed by atoms with Gasteiger partial charge in [-0.25, -0.2) is 9.59 Å². The largest absolute Gasteiger partial charge is 0.493 e. The predicted octanol–water partition coefficient (Wildman–Crippen LogP) is 9.69. The molecule has 0 aromatic heterocycles. The number of alkyl halides is 1. The molecule has 1 unspecified atom stereocenters. The van der Waals surface area contributed by atoms with Crippen molar-refractivity contribution in [2.24, 2.45) is 0 Å². The fourth-order valence-corrected chi connectivity index (χ4v) is 6.68. The van der Waals surface area contributed by atoms with Crippen LogP contribution in [-0.2, 0) is 34.0 Å². The van der Waals surface area contributed by atoms with Gasteiger partial charge in [0, 0.05) is 30.6 Å². The number of hydrogen-bond donors (Lipinski definition) is 3. The predicted molar refractivity (Wildman–Crippen MR) is 231 cm³/mol. The number of ether oxygens (including phenoxy) is 5. The highest BCUT2D eigenvalue weighted by Crippen LogP contribution is 2.36. The summed E-state index contributed by atoms with van der Waals surface area (Å²) >= 11 is 12.7. The lowest BCUT2D eigenvalue weighted by Gasteiger charge is -2.20. The minimum atomic E-state index is -1.17. The van der Waals surface area contributed by atoms with Gasteiger partial charge in [-0.3, -0.25) is 4.79 Å². The number of methoxy groups -OCH3 is 1. The van der Waals surface area contributed by atoms with E-state index in [1.807, 2.05) is 44.2 Å². The number of esters is 1. The Bertz CT molecular complexity index is 2160. The van der Waals surface area contributed by atoms with Crippen molar-refractivity contribution in [1.29, 1.82) is 5.26 Å². The van der Waals surface area contributed by atoms with E-state index in [1.54, 1.807) is 39.0 Å². The average Bonchev–Trinajstić information content (AvgIpc) is 3.21. The number of unbranched alkanes of at least 4 members (excludes halogenated alkanes) is 1. The number of nitrogens with one attached hydrogen (secondary N) is 2. The van der Waals surface area contributed by atoms with Crippen molar-refractivity contribution in [3.05, 3.63) is 111 Å². The van der Waals surface area contributed by atoms with Crippen molar-refractivity contribution < 1.29 is 43.2 Å². The second-order valence-corrected chi connectivity index (χ2v) is 15.9. The molecular formula is C46H53Cl2N3O9. The Kier molecular flexibility index (Phi) is 17.9. The Morgan fingerprint density at radius 3 is 2.25 bits per heavy atom. The van der Waals surface area contributed by atoms with Gasteiger partial charge in [-0.1, -0.05) is 41.9 Å². The fraction of sp³-hybridized carbons (Fsp3) is 0.391. The number of carboxylic acid groups (broad SMARTS) is 1. The maximum Gasteiger partial charge on any atom is 0.407 e. The highest BCUT2D eigenvalue weighted by Gasteiger charge is 2.22. The number of rotatable bonds is 21. The summed E-state index contributed by atoms with van der Waals surface area (Å²) in [5.74, 6) is 0.389. The Hall–Kier alpha value is -5.48. The number of hydrogen-bond acceptors (Lipinski definition) is 10. The van der Waals surface area contributed by atoms with Gasteiger partial charge in [-0.15, -0.1) is 11.6 Å². The zero-order chi connectivity index (χ0) is 43.8. The van der Waals surface area contributed by atoms with E-state index in [0.717, 1.165) is 40.0 Å². The van der Waals surface area contributed by atoms with Gasteiger partial charge in [0.25, 0.3) is 0 Å². The van der Waals surface area contributed by atoms with Crippen LogP contribution >= 0.6 is 23.2 Å². The Labute approximate surface area is 362 Å². The number of benzene rings is 4. The molecule has 0 heterocycles. The van der Waals surface area contributed by atoms with Crippen LogP contribution in [0.15, 0.2) is 66.7 Å². The maximum absolute atomic E-state index is 12.8. The number of alkyl carbamates (subject to hydrolysis) is 1. The van der Waals surface area contributed by atoms with Crippen molar-refractivity contribution in [2.75, 3.05) is 26.1 Å². The van der Waals surface area contributed by atoms with Crippen LogP contribution in [0.5, 0.6) is 17.2 Å². The molecule has 0 saturated heterocycles. The van der Waals surface area contributed by atoms with Gasteiger partial charge < -0.3 is 39.4 Å². The van der Waals surface area contributed by atoms with Crippen molar-refractivity contribution in [1.82, 2.24) is 10.6 Å². The third-order valence-corrected chi connectivity index (χ3v) is 9.99. The lowest BCUT2D eigenvalue weighted by Crippen LogP contribution is -2.37. The first-order chi connectivity index (χ1) is 28.6. The molecule has 0 radical (unpaired) electrons. The van der Waals surface area contributed by atoms with Crippen LogP contribution < -0.4 is 24.8 Å². The topological polar surface area (TPSA) is 165 Å². The van der Waals surface area contributed by atoms with Gasteiger partial charge >= 0.3 is 18.0 Å². The molecule has 1 amide bonds. The minimum Gasteiger partial charge on any atom is -0.493 e. The van der Waals surface area contributed by atoms with Crippen molar-refractivity contribution >= 4 is 41.2 Å². The smallest absolute Gasteiger partial charge is 0.407 e. The molecule has 60 heavy (non-hydrogen) atoms. The SMILES string of the molecule is COC(=O)C(CCCCNC(=O)OC(C)(C)C)NCc1cc(Cl)c(OCc2cccc(-c3cccc(OCCCCl)c3C)c2C)cc1OCc1cc(C#N)cc(C(=O)O)c1. The molecule has 320 valence electrons. The van der Waals surface area contributed by atoms with Crippen molar-refractivity contribution in [2.45, 2.75) is 91.7 Å². The number of carbonyl (C=O) groups is 3. The number of amides is 1. The molecule has 0 spiro atoms. The molecule has 4 rings (SSSR count). The van der Waals surface area contributed by atoms with E-state index >= 15 is 0 Å². The van der Waals surface area contributed by atoms with E-state index in [0.29, 0.717) is 65.9 Å². The molecule has 0 bridgehead atoms. The van der Waals surface area contributed by atoms with Crippen molar-refractivity contribution in [3.63, 3.8) is 0 Å². The van der Waals surface area contributed by atoms with E-state index in [9.17, 15) is 24.8 Å². The summed E-state index contributed by atoms with van der Waals surface area (Å²) in [6.07, 6.45) is 1.84. The number of nitriles is 1. The van der Waals surface area contributed by atoms with Gasteiger partial charge in [0.1, 0.15) is 42.1 Å². The highest BCUT2D eigenvalue weighted by molar-refractivity contribution is 6.32. The summed E-state index contributed by atoms with van der Waals surface area (Å²) in [6, 6.07) is 20.9. The monoisotopic (exact) mass is 861 g/mol. The van der Waals surface area contributed by atoms with E-state index in [1.165, 1.54) is 19.2 Å². The Morgan fingerprint density at radius 2 is 1.57 bits per heavy atom. The Balaban J connectivity index is 1.56. The normalized spacial score (nSPS) is 11.6. The zero-order valence-corrected chi connectivity index (χ0v) is 36.4. The average molecular weight is 863 g/mol. The van der Waals surface area contributed by atoms with Gasteiger partial charge in [0.05, 0.1) is 35.9 Å². The lowest BCUT2D eigenvalue weighted by atomic mass is 9.93. The molecule has 14 heteroatoms. The van der Waals surface area contributed by atoms with Crippen molar-refractivity contribution in [3.8, 4) is 34.4 Å². The minimum absolute atomic E-state index is 0.0461. The fourth-order valence-electron chi connectivity index (χ4n) is 6.33. The summed E-state index contributed by atoms with van der Waals surface area (Å²) in [6.45, 7) is 10.6. The number of nitrogens with zero attached hydrogens (tertiary/aromatic N) is 1. The number of halogens is 2. The van der Waals surface area contributed by atoms with Gasteiger partial charge in [-0.2, -0.15) is 5.26 Å². The first-order valence-electron chi connectivity index (χ1n) is 19.6. The second kappa shape index (κ2) is 22.8. The first-order valence-corrected chi connectivity index (χ1v) is 20.6. The van der Waals surface area contributed by atoms with E-state index in [4.69, 9.17) is 46.9 Å². The number of aromatic carboxylic acids is 1. The van der Waals surface area contributed by atoms with Crippen LogP contribution in [0.4, 0.5) is 4.79 Å². The third kappa shape index (κ3) is 14.1. The van der Waals surface area contributed by atoms with Crippen LogP contribution in [0.25, 0.3) is 11.1 Å². The second-order valence-electron chi connectivity index (χ2n) is 15.1. The van der Waals surface area contributed by atoms with Crippen LogP contribution in [0.2, 0.25) is 5.02 Å². The molecule has 12 nitrogen and oxygen atoms in total. The molecule has 4 aromatic carbocycles. The standard InChI is InChI=1S/C46H53Cl2N3O9/c1-29-33(12-9-13-36(29)37-14-10-16-40(30(37)2)57-19-11-17-47)28-59-42-24-41(58-27-32-20-31(25-49)21-34(22-32)43(52)53)35(23-38(42)48)26-51-39(44(54)56-6)15-7-8-18-50-45(55)60-46(3,4)5/h9-10,12-14,16,20-24,39,51H,7-8,11,15,17-19,26-28H2,1-6H3,(H,50,55)(H,52,53). The molecule has 4 aromatic rings. The molecular weight excluding hydrogens is 809 g/mol. The highest BCUT2D eigenvalue weighted by atomic mass is 35.5. The summed E-state index contributed by atoms with van der Waals surface area (Å²) in [4.78, 5) is 36.7. The number of carboxylic acids is 1. The van der Waals surface area contributed by atoms with Crippen LogP contribution in [0, 0.1) is 25.2 Å². The molecule has 3 N–H and O–H groups in total. The maximum atomic E-state index is 12.8. The van der Waals surface area contributed by atoms with Gasteiger partial charge in [0.15, 0.2) is 0 Å². The molecule has 0 aliphatic rings. The zero-order valence-electron chi connectivity index (χ0n) is 34.9. The summed E-state index contributed by atoms with van der Waals surface area (Å²) in [5.41, 5.74) is 5.62. The Morgan fingerprint density at radius 1 is 0.850 bits per heavy atom. The summed E-state index contributed by atoms with van der Waals surface area (Å²) < 4.78 is 29.0. The number of carbonyl (C=O) groups excluding carboxylic acids is 2. The first kappa shape index (κ1) is 47.2. The quantitative estimate of drug-likeness (QED) is 0.0415. The summed E-state index contributed by atoms with van der Waals surface area (Å²) in [7, 11) is 1.31. The van der Waals surface area contributed by atoms with E-state index in [-0.39, 0.29) is 30.9 Å². The molecule has 1 atom stereocenters. The van der Waals surface area contributed by atoms with Gasteiger partial charge in [-0.05, 0) is 124 Å². The van der Waals surface area contributed by atoms with Crippen LogP contribution in [0.3, 0.4) is 0 Å². The van der Waals surface area contributed by atoms with Crippen LogP contribution in [-0.4, -0.2) is 60.9 Å². The van der Waals surface area contributed by atoms with E-state index in [2.05, 4.69) is 22.8 Å². The lowest BCUT2D eigenvalue weighted by molar-refractivity contribution is -0.143. The molecule has 0 aliphatic carbocycles. The molecule has 0 saturated carbocycles. The third-order valence-electron chi connectivity index (χ3n) is 9.43. The van der Waals surface area contributed by atoms with E-state index < -0.39 is 29.7 Å².